The fraction of sp³-hybridized carbons (Fsp3) is 0.654. The topological polar surface area (TPSA) is 140 Å². The molecule has 8 nitrogen and oxygen atoms in total. The van der Waals surface area contributed by atoms with Crippen molar-refractivity contribution in [3.63, 3.8) is 0 Å². The largest absolute Gasteiger partial charge is 0.370 e. The molecule has 1 aromatic rings. The standard InChI is InChI=1S/C26H42N6O2/c27-18-21-8-10-22(11-9-21)24(33)31-23(7-4-14-30-26(28)29)25(34)32-15-12-20(13-16-32)17-19-5-2-1-3-6-19/h1-3,5-6,20-23H,4,7-18,27H2,(H,31,33)(H4,28,29,30)/t21?,22?,23-/m0/s1. The van der Waals surface area contributed by atoms with Gasteiger partial charge in [-0.25, -0.2) is 0 Å². The monoisotopic (exact) mass is 470 g/mol. The summed E-state index contributed by atoms with van der Waals surface area (Å²) in [7, 11) is 0. The quantitative estimate of drug-likeness (QED) is 0.234. The second-order valence-corrected chi connectivity index (χ2v) is 9.92. The lowest BCUT2D eigenvalue weighted by molar-refractivity contribution is -0.139. The van der Waals surface area contributed by atoms with Crippen molar-refractivity contribution in [2.24, 2.45) is 39.9 Å². The minimum absolute atomic E-state index is 0.00498. The lowest BCUT2D eigenvalue weighted by Gasteiger charge is -2.35. The second kappa shape index (κ2) is 13.3. The second-order valence-electron chi connectivity index (χ2n) is 9.92. The zero-order chi connectivity index (χ0) is 24.3. The summed E-state index contributed by atoms with van der Waals surface area (Å²) in [5.41, 5.74) is 18.0. The van der Waals surface area contributed by atoms with E-state index in [1.165, 1.54) is 5.56 Å². The highest BCUT2D eigenvalue weighted by Crippen LogP contribution is 2.28. The smallest absolute Gasteiger partial charge is 0.245 e. The van der Waals surface area contributed by atoms with E-state index in [2.05, 4.69) is 34.6 Å². The van der Waals surface area contributed by atoms with E-state index in [-0.39, 0.29) is 23.7 Å². The van der Waals surface area contributed by atoms with Gasteiger partial charge in [-0.3, -0.25) is 14.6 Å². The fourth-order valence-corrected chi connectivity index (χ4v) is 5.24. The molecule has 1 saturated carbocycles. The average Bonchev–Trinajstić information content (AvgIpc) is 2.86. The van der Waals surface area contributed by atoms with Crippen LogP contribution in [-0.2, 0) is 16.0 Å². The molecule has 2 fully saturated rings. The van der Waals surface area contributed by atoms with Gasteiger partial charge in [0.05, 0.1) is 0 Å². The molecule has 1 aliphatic carbocycles. The van der Waals surface area contributed by atoms with Gasteiger partial charge in [0.15, 0.2) is 5.96 Å². The number of carbonyl (C=O) groups excluding carboxylic acids is 2. The molecule has 188 valence electrons. The molecule has 2 aliphatic rings. The van der Waals surface area contributed by atoms with Gasteiger partial charge in [-0.1, -0.05) is 30.3 Å². The van der Waals surface area contributed by atoms with Crippen LogP contribution in [0, 0.1) is 17.8 Å². The Morgan fingerprint density at radius 3 is 2.29 bits per heavy atom. The molecule has 8 heteroatoms. The van der Waals surface area contributed by atoms with Gasteiger partial charge in [-0.2, -0.15) is 0 Å². The maximum atomic E-state index is 13.4. The zero-order valence-electron chi connectivity index (χ0n) is 20.3. The van der Waals surface area contributed by atoms with Crippen molar-refractivity contribution in [2.45, 2.75) is 63.8 Å². The van der Waals surface area contributed by atoms with Crippen LogP contribution in [0.4, 0.5) is 0 Å². The minimum Gasteiger partial charge on any atom is -0.370 e. The van der Waals surface area contributed by atoms with Crippen molar-refractivity contribution < 1.29 is 9.59 Å². The first-order valence-electron chi connectivity index (χ1n) is 12.8. The highest BCUT2D eigenvalue weighted by molar-refractivity contribution is 5.88. The summed E-state index contributed by atoms with van der Waals surface area (Å²) < 4.78 is 0. The maximum Gasteiger partial charge on any atom is 0.245 e. The zero-order valence-corrected chi connectivity index (χ0v) is 20.3. The Morgan fingerprint density at radius 1 is 1.00 bits per heavy atom. The van der Waals surface area contributed by atoms with Crippen LogP contribution in [0.15, 0.2) is 35.3 Å². The first-order valence-corrected chi connectivity index (χ1v) is 12.8. The average molecular weight is 471 g/mol. The molecule has 1 aliphatic heterocycles. The third-order valence-electron chi connectivity index (χ3n) is 7.40. The Morgan fingerprint density at radius 2 is 1.68 bits per heavy atom. The Labute approximate surface area is 203 Å². The number of carbonyl (C=O) groups is 2. The number of hydrogen-bond donors (Lipinski definition) is 4. The van der Waals surface area contributed by atoms with Crippen molar-refractivity contribution in [2.75, 3.05) is 26.2 Å². The summed E-state index contributed by atoms with van der Waals surface area (Å²) in [5.74, 6) is 1.12. The van der Waals surface area contributed by atoms with Crippen LogP contribution in [0.5, 0.6) is 0 Å². The lowest BCUT2D eigenvalue weighted by atomic mass is 9.81. The molecule has 0 aromatic heterocycles. The van der Waals surface area contributed by atoms with Gasteiger partial charge in [0.2, 0.25) is 11.8 Å². The molecule has 3 rings (SSSR count). The molecule has 1 aromatic carbocycles. The van der Waals surface area contributed by atoms with Crippen molar-refractivity contribution >= 4 is 17.8 Å². The van der Waals surface area contributed by atoms with Crippen LogP contribution in [0.25, 0.3) is 0 Å². The Bertz CT molecular complexity index is 795. The summed E-state index contributed by atoms with van der Waals surface area (Å²) in [5, 5.41) is 3.08. The van der Waals surface area contributed by atoms with Gasteiger partial charge in [0.25, 0.3) is 0 Å². The van der Waals surface area contributed by atoms with E-state index < -0.39 is 6.04 Å². The molecule has 1 heterocycles. The number of amides is 2. The van der Waals surface area contributed by atoms with E-state index in [9.17, 15) is 9.59 Å². The van der Waals surface area contributed by atoms with Crippen LogP contribution in [0.3, 0.4) is 0 Å². The van der Waals surface area contributed by atoms with Gasteiger partial charge in [-0.15, -0.1) is 0 Å². The number of likely N-dealkylation sites (tertiary alicyclic amines) is 1. The number of piperidine rings is 1. The van der Waals surface area contributed by atoms with Gasteiger partial charge in [-0.05, 0) is 81.7 Å². The van der Waals surface area contributed by atoms with Crippen LogP contribution in [-0.4, -0.2) is 54.9 Å². The summed E-state index contributed by atoms with van der Waals surface area (Å²) in [4.78, 5) is 32.4. The number of benzene rings is 1. The van der Waals surface area contributed by atoms with Crippen molar-refractivity contribution in [1.82, 2.24) is 10.2 Å². The molecular weight excluding hydrogens is 428 g/mol. The molecule has 0 unspecified atom stereocenters. The first-order chi connectivity index (χ1) is 16.5. The number of aliphatic imine (C=N–C) groups is 1. The number of hydrogen-bond acceptors (Lipinski definition) is 4. The number of rotatable bonds is 10. The first kappa shape index (κ1) is 26.0. The molecule has 34 heavy (non-hydrogen) atoms. The molecule has 2 amide bonds. The third kappa shape index (κ3) is 8.01. The molecular formula is C26H42N6O2. The van der Waals surface area contributed by atoms with Crippen molar-refractivity contribution in [3.05, 3.63) is 35.9 Å². The lowest BCUT2D eigenvalue weighted by Crippen LogP contribution is -2.52. The summed E-state index contributed by atoms with van der Waals surface area (Å²) in [6, 6.07) is 10.00. The molecule has 0 bridgehead atoms. The number of nitrogens with one attached hydrogen (secondary N) is 1. The van der Waals surface area contributed by atoms with E-state index >= 15 is 0 Å². The van der Waals surface area contributed by atoms with Crippen LogP contribution < -0.4 is 22.5 Å². The predicted molar refractivity (Wildman–Crippen MR) is 136 cm³/mol. The van der Waals surface area contributed by atoms with Crippen LogP contribution in [0.1, 0.15) is 56.9 Å². The van der Waals surface area contributed by atoms with Crippen molar-refractivity contribution in [3.8, 4) is 0 Å². The predicted octanol–water partition coefficient (Wildman–Crippen LogP) is 1.77. The van der Waals surface area contributed by atoms with Gasteiger partial charge in [0, 0.05) is 25.6 Å². The van der Waals surface area contributed by atoms with E-state index in [1.807, 2.05) is 11.0 Å². The van der Waals surface area contributed by atoms with E-state index in [0.29, 0.717) is 37.8 Å². The van der Waals surface area contributed by atoms with E-state index in [4.69, 9.17) is 17.2 Å². The SMILES string of the molecule is NCC1CCC(C(=O)N[C@@H](CCCN=C(N)N)C(=O)N2CCC(Cc3ccccc3)CC2)CC1. The molecule has 1 saturated heterocycles. The normalized spacial score (nSPS) is 22.1. The Balaban J connectivity index is 1.54. The Hall–Kier alpha value is -2.61. The number of nitrogens with two attached hydrogens (primary N) is 3. The highest BCUT2D eigenvalue weighted by atomic mass is 16.2. The Kier molecular flexibility index (Phi) is 10.2. The molecule has 0 spiro atoms. The number of nitrogens with zero attached hydrogens (tertiary/aromatic N) is 2. The highest BCUT2D eigenvalue weighted by Gasteiger charge is 2.32. The molecule has 1 atom stereocenters. The van der Waals surface area contributed by atoms with Crippen LogP contribution in [0.2, 0.25) is 0 Å². The van der Waals surface area contributed by atoms with E-state index in [0.717, 1.165) is 58.0 Å². The minimum atomic E-state index is -0.528. The van der Waals surface area contributed by atoms with Crippen LogP contribution >= 0.6 is 0 Å². The summed E-state index contributed by atoms with van der Waals surface area (Å²) in [6.45, 7) is 2.60. The van der Waals surface area contributed by atoms with Crippen molar-refractivity contribution in [1.29, 1.82) is 0 Å². The van der Waals surface area contributed by atoms with Gasteiger partial charge >= 0.3 is 0 Å². The van der Waals surface area contributed by atoms with E-state index in [1.54, 1.807) is 0 Å². The number of guanidine groups is 1. The maximum absolute atomic E-state index is 13.4. The molecule has 7 N–H and O–H groups in total. The molecule has 0 radical (unpaired) electrons. The van der Waals surface area contributed by atoms with Gasteiger partial charge < -0.3 is 27.4 Å². The fourth-order valence-electron chi connectivity index (χ4n) is 5.24. The summed E-state index contributed by atoms with van der Waals surface area (Å²) in [6.07, 6.45) is 7.83. The summed E-state index contributed by atoms with van der Waals surface area (Å²) >= 11 is 0. The van der Waals surface area contributed by atoms with Gasteiger partial charge in [0.1, 0.15) is 6.04 Å². The third-order valence-corrected chi connectivity index (χ3v) is 7.40.